The van der Waals surface area contributed by atoms with E-state index in [9.17, 15) is 13.2 Å². The van der Waals surface area contributed by atoms with Gasteiger partial charge in [0.25, 0.3) is 0 Å². The number of carbonyl (C=O) groups excluding carboxylic acids is 1. The number of hydrogen-bond acceptors (Lipinski definition) is 5. The maximum absolute atomic E-state index is 13.0. The van der Waals surface area contributed by atoms with Gasteiger partial charge in [0.2, 0.25) is 9.84 Å². The van der Waals surface area contributed by atoms with Crippen molar-refractivity contribution < 1.29 is 13.2 Å². The van der Waals surface area contributed by atoms with Crippen molar-refractivity contribution in [2.75, 3.05) is 13.1 Å². The molecule has 3 rings (SSSR count). The van der Waals surface area contributed by atoms with E-state index in [0.717, 1.165) is 5.69 Å². The van der Waals surface area contributed by atoms with Crippen molar-refractivity contribution in [2.24, 2.45) is 11.0 Å². The van der Waals surface area contributed by atoms with Crippen molar-refractivity contribution in [2.45, 2.75) is 25.2 Å². The van der Waals surface area contributed by atoms with Gasteiger partial charge >= 0.3 is 6.03 Å². The molecule has 0 spiro atoms. The highest BCUT2D eigenvalue weighted by Gasteiger charge is 2.37. The van der Waals surface area contributed by atoms with Crippen molar-refractivity contribution in [3.05, 3.63) is 42.7 Å². The molecule has 1 N–H and O–H groups in total. The van der Waals surface area contributed by atoms with Crippen molar-refractivity contribution >= 4 is 20.9 Å². The molecule has 138 valence electrons. The molecule has 1 aromatic heterocycles. The van der Waals surface area contributed by atoms with E-state index in [0.29, 0.717) is 13.0 Å². The lowest BCUT2D eigenvalue weighted by atomic mass is 10.1. The number of rotatable bonds is 4. The van der Waals surface area contributed by atoms with Crippen LogP contribution in [0.15, 0.2) is 52.7 Å². The first kappa shape index (κ1) is 18.1. The van der Waals surface area contributed by atoms with Gasteiger partial charge in [-0.25, -0.2) is 22.9 Å². The molecule has 1 aromatic carbocycles. The number of nitrogens with one attached hydrogen (secondary N) is 1. The Morgan fingerprint density at radius 2 is 2.00 bits per heavy atom. The minimum atomic E-state index is -3.77. The van der Waals surface area contributed by atoms with Crippen LogP contribution in [0.5, 0.6) is 0 Å². The van der Waals surface area contributed by atoms with Crippen LogP contribution >= 0.6 is 0 Å². The molecule has 0 bridgehead atoms. The van der Waals surface area contributed by atoms with Crippen molar-refractivity contribution in [1.82, 2.24) is 20.1 Å². The van der Waals surface area contributed by atoms with Gasteiger partial charge in [0.15, 0.2) is 5.04 Å². The summed E-state index contributed by atoms with van der Waals surface area (Å²) < 4.78 is 27.7. The van der Waals surface area contributed by atoms with Crippen LogP contribution in [0, 0.1) is 5.92 Å². The standard InChI is InChI=1S/C17H21N5O3S/c1-3-13-12-22(17(23)18-4-2)20-16(13)26(24,25)15-8-6-14(7-9-15)21-11-5-10-19-21/h5-11,13H,3-4,12H2,1-2H3,(H,18,23). The predicted octanol–water partition coefficient (Wildman–Crippen LogP) is 2.03. The molecule has 2 aromatic rings. The number of aromatic nitrogens is 2. The average molecular weight is 375 g/mol. The topological polar surface area (TPSA) is 96.7 Å². The molecule has 0 fully saturated rings. The Morgan fingerprint density at radius 3 is 2.58 bits per heavy atom. The lowest BCUT2D eigenvalue weighted by Gasteiger charge is -2.13. The third-order valence-corrected chi connectivity index (χ3v) is 6.07. The zero-order valence-electron chi connectivity index (χ0n) is 14.7. The summed E-state index contributed by atoms with van der Waals surface area (Å²) in [5.74, 6) is -0.312. The first-order chi connectivity index (χ1) is 12.5. The molecule has 26 heavy (non-hydrogen) atoms. The first-order valence-electron chi connectivity index (χ1n) is 8.46. The summed E-state index contributed by atoms with van der Waals surface area (Å²) in [6.07, 6.45) is 4.01. The number of carbonyl (C=O) groups is 1. The van der Waals surface area contributed by atoms with Gasteiger partial charge in [-0.15, -0.1) is 0 Å². The molecule has 1 atom stereocenters. The summed E-state index contributed by atoms with van der Waals surface area (Å²) in [5.41, 5.74) is 0.762. The van der Waals surface area contributed by atoms with Crippen molar-refractivity contribution in [3.8, 4) is 5.69 Å². The molecule has 9 heteroatoms. The van der Waals surface area contributed by atoms with Gasteiger partial charge in [-0.3, -0.25) is 0 Å². The Morgan fingerprint density at radius 1 is 1.27 bits per heavy atom. The average Bonchev–Trinajstić information content (AvgIpc) is 3.32. The zero-order valence-corrected chi connectivity index (χ0v) is 15.5. The Kier molecular flexibility index (Phi) is 5.08. The third-order valence-electron chi connectivity index (χ3n) is 4.21. The molecule has 8 nitrogen and oxygen atoms in total. The highest BCUT2D eigenvalue weighted by Crippen LogP contribution is 2.26. The lowest BCUT2D eigenvalue weighted by Crippen LogP contribution is -2.36. The lowest BCUT2D eigenvalue weighted by molar-refractivity contribution is 0.202. The van der Waals surface area contributed by atoms with Gasteiger partial charge in [0, 0.05) is 24.9 Å². The summed E-state index contributed by atoms with van der Waals surface area (Å²) in [6, 6.07) is 7.87. The molecule has 0 saturated carbocycles. The molecule has 0 aliphatic carbocycles. The van der Waals surface area contributed by atoms with Crippen LogP contribution in [0.2, 0.25) is 0 Å². The van der Waals surface area contributed by atoms with E-state index >= 15 is 0 Å². The molecule has 1 aliphatic heterocycles. The van der Waals surface area contributed by atoms with Crippen LogP contribution in [0.25, 0.3) is 5.69 Å². The largest absolute Gasteiger partial charge is 0.337 e. The number of hydrazone groups is 1. The second-order valence-electron chi connectivity index (χ2n) is 5.91. The van der Waals surface area contributed by atoms with Gasteiger partial charge in [0.05, 0.1) is 17.1 Å². The van der Waals surface area contributed by atoms with Gasteiger partial charge in [-0.2, -0.15) is 10.2 Å². The first-order valence-corrected chi connectivity index (χ1v) is 9.94. The molecule has 1 aliphatic rings. The van der Waals surface area contributed by atoms with Gasteiger partial charge in [-0.05, 0) is 43.7 Å². The highest BCUT2D eigenvalue weighted by molar-refractivity contribution is 8.06. The monoisotopic (exact) mass is 375 g/mol. The summed E-state index contributed by atoms with van der Waals surface area (Å²) in [6.45, 7) is 4.41. The van der Waals surface area contributed by atoms with Gasteiger partial charge < -0.3 is 5.32 Å². The molecule has 2 heterocycles. The van der Waals surface area contributed by atoms with E-state index in [1.807, 2.05) is 6.92 Å². The quantitative estimate of drug-likeness (QED) is 0.884. The van der Waals surface area contributed by atoms with E-state index in [2.05, 4.69) is 15.5 Å². The maximum Gasteiger partial charge on any atom is 0.337 e. The molecule has 0 radical (unpaired) electrons. The second kappa shape index (κ2) is 7.28. The SMILES string of the molecule is CCNC(=O)N1CC(CC)C(S(=O)(=O)c2ccc(-n3cccn3)cc2)=N1. The maximum atomic E-state index is 13.0. The predicted molar refractivity (Wildman–Crippen MR) is 97.7 cm³/mol. The fraction of sp³-hybridized carbons (Fsp3) is 0.353. The van der Waals surface area contributed by atoms with E-state index in [1.165, 1.54) is 17.1 Å². The van der Waals surface area contributed by atoms with Crippen LogP contribution in [-0.4, -0.2) is 47.4 Å². The minimum Gasteiger partial charge on any atom is -0.337 e. The normalized spacial score (nSPS) is 17.2. The Bertz CT molecular complexity index is 904. The van der Waals surface area contributed by atoms with Crippen LogP contribution < -0.4 is 5.32 Å². The fourth-order valence-electron chi connectivity index (χ4n) is 2.80. The molecule has 0 saturated heterocycles. The van der Waals surface area contributed by atoms with Gasteiger partial charge in [0.1, 0.15) is 0 Å². The second-order valence-corrected chi connectivity index (χ2v) is 7.81. The number of sulfone groups is 1. The van der Waals surface area contributed by atoms with E-state index in [4.69, 9.17) is 0 Å². The number of amides is 2. The summed E-state index contributed by atoms with van der Waals surface area (Å²) >= 11 is 0. The Balaban J connectivity index is 1.90. The zero-order chi connectivity index (χ0) is 18.7. The summed E-state index contributed by atoms with van der Waals surface area (Å²) in [7, 11) is -3.77. The number of hydrogen-bond donors (Lipinski definition) is 1. The number of nitrogens with zero attached hydrogens (tertiary/aromatic N) is 4. The molecular formula is C17H21N5O3S. The van der Waals surface area contributed by atoms with E-state index in [1.54, 1.807) is 42.2 Å². The minimum absolute atomic E-state index is 0.0399. The Labute approximate surface area is 152 Å². The van der Waals surface area contributed by atoms with Crippen molar-refractivity contribution in [1.29, 1.82) is 0 Å². The van der Waals surface area contributed by atoms with Crippen LogP contribution in [0.1, 0.15) is 20.3 Å². The highest BCUT2D eigenvalue weighted by atomic mass is 32.2. The van der Waals surface area contributed by atoms with Crippen LogP contribution in [-0.2, 0) is 9.84 Å². The molecule has 2 amide bonds. The van der Waals surface area contributed by atoms with Crippen LogP contribution in [0.3, 0.4) is 0 Å². The van der Waals surface area contributed by atoms with Gasteiger partial charge in [-0.1, -0.05) is 6.92 Å². The smallest absolute Gasteiger partial charge is 0.337 e. The fourth-order valence-corrected chi connectivity index (χ4v) is 4.42. The van der Waals surface area contributed by atoms with Crippen LogP contribution in [0.4, 0.5) is 4.79 Å². The number of benzene rings is 1. The summed E-state index contributed by atoms with van der Waals surface area (Å²) in [4.78, 5) is 12.2. The van der Waals surface area contributed by atoms with E-state index in [-0.39, 0.29) is 28.4 Å². The molecule has 1 unspecified atom stereocenters. The Hall–Kier alpha value is -2.68. The number of urea groups is 1. The molecular weight excluding hydrogens is 354 g/mol. The van der Waals surface area contributed by atoms with Crippen molar-refractivity contribution in [3.63, 3.8) is 0 Å². The third kappa shape index (κ3) is 3.34. The van der Waals surface area contributed by atoms with E-state index < -0.39 is 9.84 Å². The summed E-state index contributed by atoms with van der Waals surface area (Å²) in [5, 5.41) is 12.1.